The number of hydrogen-bond acceptors (Lipinski definition) is 1. The van der Waals surface area contributed by atoms with E-state index < -0.39 is 0 Å². The molecule has 0 fully saturated rings. The summed E-state index contributed by atoms with van der Waals surface area (Å²) in [7, 11) is 0. The zero-order chi connectivity index (χ0) is 41.3. The predicted molar refractivity (Wildman–Crippen MR) is 260 cm³/mol. The molecule has 0 saturated carbocycles. The van der Waals surface area contributed by atoms with E-state index in [1.807, 2.05) is 6.08 Å². The van der Waals surface area contributed by atoms with Gasteiger partial charge in [-0.3, -0.25) is 0 Å². The quantitative estimate of drug-likeness (QED) is 0.106. The molecular formula is C59H53N. The van der Waals surface area contributed by atoms with Crippen molar-refractivity contribution in [1.82, 2.24) is 0 Å². The molecule has 6 aromatic rings. The van der Waals surface area contributed by atoms with Crippen LogP contribution in [-0.4, -0.2) is 0 Å². The van der Waals surface area contributed by atoms with Gasteiger partial charge in [-0.25, -0.2) is 0 Å². The first-order chi connectivity index (χ1) is 29.5. The molecular weight excluding hydrogens is 723 g/mol. The van der Waals surface area contributed by atoms with Gasteiger partial charge in [0.25, 0.3) is 0 Å². The lowest BCUT2D eigenvalue weighted by molar-refractivity contribution is 0.966. The molecule has 0 aliphatic heterocycles. The average Bonchev–Trinajstić information content (AvgIpc) is 3.91. The van der Waals surface area contributed by atoms with Gasteiger partial charge in [0.05, 0.1) is 0 Å². The van der Waals surface area contributed by atoms with Crippen molar-refractivity contribution in [3.05, 3.63) is 252 Å². The molecule has 0 saturated heterocycles. The van der Waals surface area contributed by atoms with Crippen molar-refractivity contribution in [2.24, 2.45) is 0 Å². The fraction of sp³-hybridized carbons (Fsp3) is 0.119. The SMILES string of the molecule is C=CC1=C(/C=C\C)CC/C1=C\C=C/C(C)c1ccc(N(c2ccc(-c3ccc(-c4ccccc4)cc3)cc2)c2ccc(-c3cccc4c3CC(/C=C\C=C/C)=C4)cc2)cc1. The number of allylic oxidation sites excluding steroid dienone is 14. The Kier molecular flexibility index (Phi) is 12.4. The van der Waals surface area contributed by atoms with Gasteiger partial charge in [0.1, 0.15) is 0 Å². The molecule has 6 aromatic carbocycles. The third-order valence-electron chi connectivity index (χ3n) is 11.7. The Balaban J connectivity index is 1.07. The minimum Gasteiger partial charge on any atom is -0.311 e. The molecule has 1 atom stereocenters. The van der Waals surface area contributed by atoms with E-state index in [-0.39, 0.29) is 5.92 Å². The first kappa shape index (κ1) is 39.8. The molecule has 60 heavy (non-hydrogen) atoms. The Labute approximate surface area is 357 Å². The normalized spacial score (nSPS) is 15.2. The van der Waals surface area contributed by atoms with Crippen LogP contribution in [-0.2, 0) is 6.42 Å². The largest absolute Gasteiger partial charge is 0.311 e. The maximum absolute atomic E-state index is 4.09. The summed E-state index contributed by atoms with van der Waals surface area (Å²) < 4.78 is 0. The first-order valence-electron chi connectivity index (χ1n) is 21.3. The standard InChI is InChI=1S/C59H53N/c1-5-8-10-17-44-41-53-21-14-22-58(59(53)42-44)52-33-39-56(40-34-52)60(55-37-31-49(32-38-55)48-25-23-47(24-26-48)46-18-11-9-12-19-46)54-35-29-45(30-36-54)43(4)16-13-20-51-28-27-50(15-6-2)57(51)7-3/h5-26,29-41,43H,3,27-28,42H2,1-2,4H3/b8-5-,15-6-,16-13-,17-10-,51-20+. The van der Waals surface area contributed by atoms with E-state index in [1.165, 1.54) is 72.4 Å². The Hall–Kier alpha value is -6.96. The zero-order valence-electron chi connectivity index (χ0n) is 35.1. The highest BCUT2D eigenvalue weighted by Gasteiger charge is 2.18. The highest BCUT2D eigenvalue weighted by atomic mass is 15.1. The average molecular weight is 776 g/mol. The number of hydrogen-bond donors (Lipinski definition) is 0. The van der Waals surface area contributed by atoms with E-state index in [1.54, 1.807) is 0 Å². The second-order valence-electron chi connectivity index (χ2n) is 15.6. The van der Waals surface area contributed by atoms with Gasteiger partial charge in [-0.2, -0.15) is 0 Å². The van der Waals surface area contributed by atoms with E-state index in [9.17, 15) is 0 Å². The van der Waals surface area contributed by atoms with Crippen molar-refractivity contribution < 1.29 is 0 Å². The molecule has 2 aliphatic carbocycles. The topological polar surface area (TPSA) is 3.24 Å². The van der Waals surface area contributed by atoms with Gasteiger partial charge >= 0.3 is 0 Å². The molecule has 1 heteroatoms. The van der Waals surface area contributed by atoms with E-state index in [4.69, 9.17) is 0 Å². The number of benzene rings is 6. The van der Waals surface area contributed by atoms with Crippen molar-refractivity contribution >= 4 is 23.1 Å². The molecule has 0 spiro atoms. The van der Waals surface area contributed by atoms with Crippen LogP contribution in [0.25, 0.3) is 39.5 Å². The lowest BCUT2D eigenvalue weighted by atomic mass is 9.95. The summed E-state index contributed by atoms with van der Waals surface area (Å²) in [5.41, 5.74) is 20.1. The second-order valence-corrected chi connectivity index (χ2v) is 15.6. The van der Waals surface area contributed by atoms with Crippen LogP contribution in [0.3, 0.4) is 0 Å². The van der Waals surface area contributed by atoms with E-state index >= 15 is 0 Å². The Bertz CT molecular complexity index is 2660. The van der Waals surface area contributed by atoms with Crippen LogP contribution in [0.4, 0.5) is 17.1 Å². The summed E-state index contributed by atoms with van der Waals surface area (Å²) in [5.74, 6) is 0.268. The predicted octanol–water partition coefficient (Wildman–Crippen LogP) is 16.7. The third-order valence-corrected chi connectivity index (χ3v) is 11.7. The molecule has 0 N–H and O–H groups in total. The van der Waals surface area contributed by atoms with Gasteiger partial charge in [-0.1, -0.05) is 190 Å². The van der Waals surface area contributed by atoms with Gasteiger partial charge in [-0.05, 0) is 148 Å². The number of anilines is 3. The fourth-order valence-corrected chi connectivity index (χ4v) is 8.52. The Morgan fingerprint density at radius 3 is 1.78 bits per heavy atom. The summed E-state index contributed by atoms with van der Waals surface area (Å²) in [6, 6.07) is 53.3. The van der Waals surface area contributed by atoms with E-state index in [0.717, 1.165) is 36.3 Å². The fourth-order valence-electron chi connectivity index (χ4n) is 8.52. The maximum atomic E-state index is 4.09. The van der Waals surface area contributed by atoms with Crippen LogP contribution >= 0.6 is 0 Å². The highest BCUT2D eigenvalue weighted by Crippen LogP contribution is 2.40. The van der Waals surface area contributed by atoms with Gasteiger partial charge in [0.15, 0.2) is 0 Å². The number of fused-ring (bicyclic) bond motifs is 1. The summed E-state index contributed by atoms with van der Waals surface area (Å²) in [5, 5.41) is 0. The van der Waals surface area contributed by atoms with Crippen LogP contribution < -0.4 is 4.90 Å². The maximum Gasteiger partial charge on any atom is 0.0462 e. The molecule has 0 aromatic heterocycles. The van der Waals surface area contributed by atoms with Crippen molar-refractivity contribution in [1.29, 1.82) is 0 Å². The molecule has 2 aliphatic rings. The molecule has 0 amide bonds. The van der Waals surface area contributed by atoms with Crippen molar-refractivity contribution in [3.8, 4) is 33.4 Å². The second kappa shape index (κ2) is 18.7. The van der Waals surface area contributed by atoms with Crippen LogP contribution in [0, 0.1) is 0 Å². The number of nitrogens with zero attached hydrogens (tertiary/aromatic N) is 1. The smallest absolute Gasteiger partial charge is 0.0462 e. The molecule has 1 nitrogen and oxygen atoms in total. The lowest BCUT2D eigenvalue weighted by Crippen LogP contribution is -2.10. The summed E-state index contributed by atoms with van der Waals surface area (Å²) >= 11 is 0. The Morgan fingerprint density at radius 2 is 1.17 bits per heavy atom. The molecule has 294 valence electrons. The van der Waals surface area contributed by atoms with Crippen LogP contribution in [0.5, 0.6) is 0 Å². The van der Waals surface area contributed by atoms with Gasteiger partial charge in [0.2, 0.25) is 0 Å². The van der Waals surface area contributed by atoms with Crippen LogP contribution in [0.1, 0.15) is 56.2 Å². The monoisotopic (exact) mass is 775 g/mol. The molecule has 0 bridgehead atoms. The van der Waals surface area contributed by atoms with Gasteiger partial charge in [-0.15, -0.1) is 0 Å². The third kappa shape index (κ3) is 8.87. The molecule has 1 unspecified atom stereocenters. The van der Waals surface area contributed by atoms with Crippen LogP contribution in [0.2, 0.25) is 0 Å². The minimum atomic E-state index is 0.268. The van der Waals surface area contributed by atoms with Crippen molar-refractivity contribution in [3.63, 3.8) is 0 Å². The van der Waals surface area contributed by atoms with Gasteiger partial charge < -0.3 is 4.90 Å². The van der Waals surface area contributed by atoms with Gasteiger partial charge in [0, 0.05) is 17.1 Å². The summed E-state index contributed by atoms with van der Waals surface area (Å²) in [6.07, 6.45) is 27.0. The molecule has 0 heterocycles. The summed E-state index contributed by atoms with van der Waals surface area (Å²) in [4.78, 5) is 2.37. The zero-order valence-corrected chi connectivity index (χ0v) is 35.1. The lowest BCUT2D eigenvalue weighted by Gasteiger charge is -2.26. The summed E-state index contributed by atoms with van der Waals surface area (Å²) in [6.45, 7) is 10.5. The van der Waals surface area contributed by atoms with E-state index in [2.05, 4.69) is 239 Å². The van der Waals surface area contributed by atoms with Crippen LogP contribution in [0.15, 0.2) is 235 Å². The molecule has 8 rings (SSSR count). The number of rotatable bonds is 13. The first-order valence-corrected chi connectivity index (χ1v) is 21.3. The highest BCUT2D eigenvalue weighted by molar-refractivity contribution is 5.82. The minimum absolute atomic E-state index is 0.268. The van der Waals surface area contributed by atoms with E-state index in [0.29, 0.717) is 0 Å². The molecule has 0 radical (unpaired) electrons. The van der Waals surface area contributed by atoms with Crippen molar-refractivity contribution in [2.75, 3.05) is 4.90 Å². The Morgan fingerprint density at radius 1 is 0.567 bits per heavy atom. The van der Waals surface area contributed by atoms with Crippen molar-refractivity contribution in [2.45, 2.75) is 46.0 Å².